The van der Waals surface area contributed by atoms with Crippen LogP contribution in [-0.4, -0.2) is 52.3 Å². The molecule has 0 spiro atoms. The van der Waals surface area contributed by atoms with Crippen molar-refractivity contribution in [2.75, 3.05) is 36.5 Å². The molecule has 5 rings (SSSR count). The Bertz CT molecular complexity index is 1140. The summed E-state index contributed by atoms with van der Waals surface area (Å²) in [5.41, 5.74) is 2.66. The summed E-state index contributed by atoms with van der Waals surface area (Å²) in [6, 6.07) is 6.85. The van der Waals surface area contributed by atoms with Crippen molar-refractivity contribution in [3.63, 3.8) is 0 Å². The zero-order valence-electron chi connectivity index (χ0n) is 18.2. The van der Waals surface area contributed by atoms with E-state index in [0.29, 0.717) is 28.6 Å². The number of nitrogens with one attached hydrogen (secondary N) is 1. The molecule has 2 aliphatic rings. The maximum Gasteiger partial charge on any atom is 0.156 e. The predicted octanol–water partition coefficient (Wildman–Crippen LogP) is 4.23. The Hall–Kier alpha value is -3.13. The number of halogens is 1. The molecule has 2 saturated heterocycles. The van der Waals surface area contributed by atoms with Gasteiger partial charge in [-0.25, -0.2) is 24.3 Å². The molecule has 2 aliphatic heterocycles. The average Bonchev–Trinajstić information content (AvgIpc) is 3.34. The summed E-state index contributed by atoms with van der Waals surface area (Å²) in [7, 11) is 0. The number of hydrogen-bond acceptors (Lipinski definition) is 7. The third-order valence-corrected chi connectivity index (χ3v) is 5.96. The lowest BCUT2D eigenvalue weighted by molar-refractivity contribution is 0.0904. The summed E-state index contributed by atoms with van der Waals surface area (Å²) in [6.07, 6.45) is 8.01. The van der Waals surface area contributed by atoms with Gasteiger partial charge in [-0.1, -0.05) is 0 Å². The molecule has 8 heteroatoms. The summed E-state index contributed by atoms with van der Waals surface area (Å²) in [5, 5.41) is 3.56. The topological polar surface area (TPSA) is 76.1 Å². The Balaban J connectivity index is 1.45. The Kier molecular flexibility index (Phi) is 5.94. The quantitative estimate of drug-likeness (QED) is 0.644. The first-order valence-corrected chi connectivity index (χ1v) is 11.2. The lowest BCUT2D eigenvalue weighted by Crippen LogP contribution is -2.28. The first-order valence-electron chi connectivity index (χ1n) is 11.2. The molecule has 3 aromatic rings. The molecule has 7 nitrogen and oxygen atoms in total. The highest BCUT2D eigenvalue weighted by Crippen LogP contribution is 2.23. The molecular weight excluding hydrogens is 407 g/mol. The second kappa shape index (κ2) is 9.16. The minimum absolute atomic E-state index is 0.323. The molecular formula is C24H27FN6O. The Morgan fingerprint density at radius 3 is 2.62 bits per heavy atom. The van der Waals surface area contributed by atoms with Gasteiger partial charge in [0.2, 0.25) is 0 Å². The smallest absolute Gasteiger partial charge is 0.156 e. The molecule has 0 amide bonds. The van der Waals surface area contributed by atoms with E-state index in [0.717, 1.165) is 56.5 Å². The van der Waals surface area contributed by atoms with Gasteiger partial charge in [-0.15, -0.1) is 0 Å². The van der Waals surface area contributed by atoms with E-state index in [4.69, 9.17) is 14.7 Å². The number of aromatic nitrogens is 4. The van der Waals surface area contributed by atoms with Crippen LogP contribution >= 0.6 is 0 Å². The number of hydrogen-bond donors (Lipinski definition) is 1. The molecule has 0 unspecified atom stereocenters. The van der Waals surface area contributed by atoms with Crippen molar-refractivity contribution in [2.24, 2.45) is 0 Å². The van der Waals surface area contributed by atoms with Gasteiger partial charge >= 0.3 is 0 Å². The minimum atomic E-state index is -0.323. The molecule has 2 fully saturated rings. The van der Waals surface area contributed by atoms with Crippen LogP contribution in [0, 0.1) is 12.7 Å². The van der Waals surface area contributed by atoms with Crippen LogP contribution < -0.4 is 10.2 Å². The average molecular weight is 435 g/mol. The van der Waals surface area contributed by atoms with Gasteiger partial charge in [-0.2, -0.15) is 0 Å². The Labute approximate surface area is 186 Å². The van der Waals surface area contributed by atoms with Crippen LogP contribution in [0.1, 0.15) is 42.9 Å². The first-order chi connectivity index (χ1) is 15.6. The van der Waals surface area contributed by atoms with Gasteiger partial charge in [0.05, 0.1) is 22.4 Å². The monoisotopic (exact) mass is 434 g/mol. The van der Waals surface area contributed by atoms with Crippen molar-refractivity contribution in [2.45, 2.75) is 38.6 Å². The highest BCUT2D eigenvalue weighted by atomic mass is 19.1. The molecule has 4 heterocycles. The van der Waals surface area contributed by atoms with E-state index in [1.165, 1.54) is 25.0 Å². The van der Waals surface area contributed by atoms with E-state index in [1.807, 2.05) is 25.1 Å². The highest BCUT2D eigenvalue weighted by Gasteiger charge is 2.18. The van der Waals surface area contributed by atoms with Gasteiger partial charge in [0.15, 0.2) is 5.82 Å². The number of aryl methyl sites for hydroxylation is 1. The minimum Gasteiger partial charge on any atom is -0.381 e. The summed E-state index contributed by atoms with van der Waals surface area (Å²) in [4.78, 5) is 21.0. The largest absolute Gasteiger partial charge is 0.381 e. The van der Waals surface area contributed by atoms with E-state index < -0.39 is 0 Å². The molecule has 0 radical (unpaired) electrons. The van der Waals surface area contributed by atoms with Gasteiger partial charge < -0.3 is 15.0 Å². The lowest BCUT2D eigenvalue weighted by atomic mass is 10.1. The fourth-order valence-electron chi connectivity index (χ4n) is 4.20. The Morgan fingerprint density at radius 1 is 1.00 bits per heavy atom. The van der Waals surface area contributed by atoms with Gasteiger partial charge in [0, 0.05) is 44.5 Å². The second-order valence-corrected chi connectivity index (χ2v) is 8.36. The SMILES string of the molecule is Cc1nc2ccc(F)cc2nc1C=Cc1nc(NC2CCOCC2)cc(N2CCCC2)n1. The molecule has 0 saturated carbocycles. The Morgan fingerprint density at radius 2 is 1.81 bits per heavy atom. The zero-order chi connectivity index (χ0) is 21.9. The summed E-state index contributed by atoms with van der Waals surface area (Å²) >= 11 is 0. The van der Waals surface area contributed by atoms with Crippen molar-refractivity contribution < 1.29 is 9.13 Å². The second-order valence-electron chi connectivity index (χ2n) is 8.36. The number of rotatable bonds is 5. The molecule has 0 bridgehead atoms. The fraction of sp³-hybridized carbons (Fsp3) is 0.417. The van der Waals surface area contributed by atoms with Crippen LogP contribution in [0.15, 0.2) is 24.3 Å². The molecule has 0 atom stereocenters. The molecule has 2 aromatic heterocycles. The molecule has 166 valence electrons. The highest BCUT2D eigenvalue weighted by molar-refractivity contribution is 5.77. The van der Waals surface area contributed by atoms with Gasteiger partial charge in [-0.3, -0.25) is 0 Å². The normalized spacial score (nSPS) is 17.5. The molecule has 32 heavy (non-hydrogen) atoms. The molecule has 1 aromatic carbocycles. The molecule has 1 N–H and O–H groups in total. The fourth-order valence-corrected chi connectivity index (χ4v) is 4.20. The number of fused-ring (bicyclic) bond motifs is 1. The van der Waals surface area contributed by atoms with Crippen LogP contribution in [0.5, 0.6) is 0 Å². The van der Waals surface area contributed by atoms with Crippen LogP contribution in [0.3, 0.4) is 0 Å². The molecule has 0 aliphatic carbocycles. The third-order valence-electron chi connectivity index (χ3n) is 5.96. The van der Waals surface area contributed by atoms with E-state index in [1.54, 1.807) is 6.07 Å². The van der Waals surface area contributed by atoms with E-state index >= 15 is 0 Å². The van der Waals surface area contributed by atoms with Crippen molar-refractivity contribution in [1.29, 1.82) is 0 Å². The van der Waals surface area contributed by atoms with Crippen LogP contribution in [0.2, 0.25) is 0 Å². The van der Waals surface area contributed by atoms with Crippen molar-refractivity contribution in [3.05, 3.63) is 47.3 Å². The van der Waals surface area contributed by atoms with Gasteiger partial charge in [0.25, 0.3) is 0 Å². The van der Waals surface area contributed by atoms with E-state index in [2.05, 4.69) is 20.2 Å². The van der Waals surface area contributed by atoms with Gasteiger partial charge in [-0.05, 0) is 56.9 Å². The van der Waals surface area contributed by atoms with Gasteiger partial charge in [0.1, 0.15) is 17.5 Å². The summed E-state index contributed by atoms with van der Waals surface area (Å²) in [5.74, 6) is 2.06. The van der Waals surface area contributed by atoms with Crippen molar-refractivity contribution >= 4 is 34.8 Å². The van der Waals surface area contributed by atoms with Crippen LogP contribution in [0.4, 0.5) is 16.0 Å². The van der Waals surface area contributed by atoms with Crippen LogP contribution in [-0.2, 0) is 4.74 Å². The number of ether oxygens (including phenoxy) is 1. The first kappa shape index (κ1) is 20.8. The van der Waals surface area contributed by atoms with Crippen molar-refractivity contribution in [1.82, 2.24) is 19.9 Å². The standard InChI is InChI=1S/C24H27FN6O/c1-16-19(28-21-14-17(25)4-5-20(21)26-16)6-7-22-29-23(27-18-8-12-32-13-9-18)15-24(30-22)31-10-2-3-11-31/h4-7,14-15,18H,2-3,8-13H2,1H3,(H,27,29,30). The number of anilines is 2. The number of benzene rings is 1. The third kappa shape index (κ3) is 4.70. The zero-order valence-corrected chi connectivity index (χ0v) is 18.2. The van der Waals surface area contributed by atoms with E-state index in [-0.39, 0.29) is 5.82 Å². The summed E-state index contributed by atoms with van der Waals surface area (Å²) in [6.45, 7) is 5.47. The predicted molar refractivity (Wildman–Crippen MR) is 124 cm³/mol. The maximum absolute atomic E-state index is 13.6. The van der Waals surface area contributed by atoms with Crippen LogP contribution in [0.25, 0.3) is 23.2 Å². The number of nitrogens with zero attached hydrogens (tertiary/aromatic N) is 5. The van der Waals surface area contributed by atoms with Crippen molar-refractivity contribution in [3.8, 4) is 0 Å². The summed E-state index contributed by atoms with van der Waals surface area (Å²) < 4.78 is 19.1. The lowest BCUT2D eigenvalue weighted by Gasteiger charge is -2.24. The van der Waals surface area contributed by atoms with E-state index in [9.17, 15) is 4.39 Å². The maximum atomic E-state index is 13.6.